The third-order valence-electron chi connectivity index (χ3n) is 4.79. The highest BCUT2D eigenvalue weighted by molar-refractivity contribution is 14.0. The second-order valence-electron chi connectivity index (χ2n) is 6.82. The van der Waals surface area contributed by atoms with Gasteiger partial charge in [0, 0.05) is 12.6 Å². The Balaban J connectivity index is 0.00000364. The lowest BCUT2D eigenvalue weighted by Gasteiger charge is -2.28. The van der Waals surface area contributed by atoms with Crippen LogP contribution in [0, 0.1) is 5.92 Å². The summed E-state index contributed by atoms with van der Waals surface area (Å²) in [6.07, 6.45) is 4.89. The number of hydrogen-bond donors (Lipinski definition) is 2. The molecule has 7 heteroatoms. The van der Waals surface area contributed by atoms with E-state index < -0.39 is 5.97 Å². The minimum Gasteiger partial charge on any atom is -0.496 e. The van der Waals surface area contributed by atoms with Crippen molar-refractivity contribution in [3.63, 3.8) is 0 Å². The summed E-state index contributed by atoms with van der Waals surface area (Å²) >= 11 is 0. The van der Waals surface area contributed by atoms with Gasteiger partial charge in [0.15, 0.2) is 5.96 Å². The molecule has 27 heavy (non-hydrogen) atoms. The van der Waals surface area contributed by atoms with Crippen LogP contribution in [0.1, 0.15) is 55.5 Å². The molecule has 0 aromatic heterocycles. The van der Waals surface area contributed by atoms with Crippen molar-refractivity contribution >= 4 is 35.9 Å². The lowest BCUT2D eigenvalue weighted by Crippen LogP contribution is -2.44. The largest absolute Gasteiger partial charge is 0.496 e. The van der Waals surface area contributed by atoms with E-state index in [2.05, 4.69) is 29.5 Å². The molecular weight excluding hydrogens is 457 g/mol. The van der Waals surface area contributed by atoms with Crippen molar-refractivity contribution in [1.29, 1.82) is 0 Å². The Kier molecular flexibility index (Phi) is 10.5. The highest BCUT2D eigenvalue weighted by atomic mass is 127. The van der Waals surface area contributed by atoms with E-state index in [1.807, 2.05) is 6.07 Å². The van der Waals surface area contributed by atoms with Gasteiger partial charge >= 0.3 is 5.97 Å². The van der Waals surface area contributed by atoms with Crippen LogP contribution in [0.2, 0.25) is 0 Å². The average Bonchev–Trinajstić information content (AvgIpc) is 2.67. The predicted molar refractivity (Wildman–Crippen MR) is 119 cm³/mol. The number of nitrogens with one attached hydrogen (secondary N) is 2. The molecule has 0 saturated heterocycles. The molecule has 1 aromatic rings. The third kappa shape index (κ3) is 7.20. The molecule has 2 rings (SSSR count). The molecule has 0 radical (unpaired) electrons. The smallest absolute Gasteiger partial charge is 0.341 e. The quantitative estimate of drug-likeness (QED) is 0.276. The van der Waals surface area contributed by atoms with Gasteiger partial charge in [0.1, 0.15) is 11.3 Å². The first-order valence-corrected chi connectivity index (χ1v) is 9.37. The van der Waals surface area contributed by atoms with Crippen LogP contribution in [-0.4, -0.2) is 38.7 Å². The van der Waals surface area contributed by atoms with E-state index in [1.165, 1.54) is 39.9 Å². The van der Waals surface area contributed by atoms with Crippen molar-refractivity contribution in [2.45, 2.75) is 52.1 Å². The summed E-state index contributed by atoms with van der Waals surface area (Å²) in [5.74, 6) is 1.74. The van der Waals surface area contributed by atoms with Crippen LogP contribution in [-0.2, 0) is 11.3 Å². The van der Waals surface area contributed by atoms with Crippen molar-refractivity contribution in [1.82, 2.24) is 10.6 Å². The topological polar surface area (TPSA) is 72.0 Å². The minimum atomic E-state index is -0.408. The van der Waals surface area contributed by atoms with Crippen molar-refractivity contribution < 1.29 is 14.3 Å². The molecule has 2 N–H and O–H groups in total. The molecular formula is C20H32IN3O3. The molecule has 0 amide bonds. The molecule has 0 spiro atoms. The number of aliphatic imine (C=N–C) groups is 1. The Hall–Kier alpha value is -1.51. The number of halogens is 1. The lowest BCUT2D eigenvalue weighted by atomic mass is 9.87. The molecule has 0 bridgehead atoms. The second kappa shape index (κ2) is 12.0. The van der Waals surface area contributed by atoms with E-state index in [9.17, 15) is 4.79 Å². The van der Waals surface area contributed by atoms with Gasteiger partial charge in [0.25, 0.3) is 0 Å². The predicted octanol–water partition coefficient (Wildman–Crippen LogP) is 3.73. The number of esters is 1. The van der Waals surface area contributed by atoms with Gasteiger partial charge in [-0.3, -0.25) is 0 Å². The third-order valence-corrected chi connectivity index (χ3v) is 4.79. The average molecular weight is 489 g/mol. The Labute approximate surface area is 179 Å². The van der Waals surface area contributed by atoms with Gasteiger partial charge < -0.3 is 20.1 Å². The van der Waals surface area contributed by atoms with Crippen LogP contribution in [0.25, 0.3) is 0 Å². The van der Waals surface area contributed by atoms with Gasteiger partial charge in [0.2, 0.25) is 0 Å². The van der Waals surface area contributed by atoms with Crippen molar-refractivity contribution in [2.24, 2.45) is 10.9 Å². The van der Waals surface area contributed by atoms with Crippen molar-refractivity contribution in [2.75, 3.05) is 20.8 Å². The van der Waals surface area contributed by atoms with Crippen LogP contribution >= 0.6 is 24.0 Å². The standard InChI is InChI=1S/C20H31N3O3.HI/c1-5-21-20(23-16-9-6-14(2)7-10-16)22-13-15-8-11-18(25-3)17(12-15)19(24)26-4;/h8,11-12,14,16H,5-7,9-10,13H2,1-4H3,(H2,21,22,23);1H. The zero-order chi connectivity index (χ0) is 18.9. The highest BCUT2D eigenvalue weighted by Gasteiger charge is 2.19. The monoisotopic (exact) mass is 489 g/mol. The number of rotatable bonds is 6. The van der Waals surface area contributed by atoms with E-state index >= 15 is 0 Å². The maximum absolute atomic E-state index is 11.9. The zero-order valence-electron chi connectivity index (χ0n) is 16.7. The number of carbonyl (C=O) groups is 1. The lowest BCUT2D eigenvalue weighted by molar-refractivity contribution is 0.0597. The number of benzene rings is 1. The number of nitrogens with zero attached hydrogens (tertiary/aromatic N) is 1. The van der Waals surface area contributed by atoms with E-state index in [0.717, 1.165) is 24.0 Å². The van der Waals surface area contributed by atoms with Crippen LogP contribution in [0.4, 0.5) is 0 Å². The van der Waals surface area contributed by atoms with Crippen molar-refractivity contribution in [3.8, 4) is 5.75 Å². The van der Waals surface area contributed by atoms with Gasteiger partial charge in [-0.25, -0.2) is 9.79 Å². The summed E-state index contributed by atoms with van der Waals surface area (Å²) in [7, 11) is 2.91. The molecule has 1 saturated carbocycles. The summed E-state index contributed by atoms with van der Waals surface area (Å²) < 4.78 is 10.1. The summed E-state index contributed by atoms with van der Waals surface area (Å²) in [4.78, 5) is 16.6. The second-order valence-corrected chi connectivity index (χ2v) is 6.82. The van der Waals surface area contributed by atoms with Gasteiger partial charge in [-0.1, -0.05) is 13.0 Å². The van der Waals surface area contributed by atoms with E-state index in [4.69, 9.17) is 9.47 Å². The Morgan fingerprint density at radius 2 is 1.93 bits per heavy atom. The van der Waals surface area contributed by atoms with Crippen LogP contribution in [0.15, 0.2) is 23.2 Å². The molecule has 0 aliphatic heterocycles. The molecule has 0 heterocycles. The summed E-state index contributed by atoms with van der Waals surface area (Å²) in [6.45, 7) is 5.67. The Morgan fingerprint density at radius 1 is 1.22 bits per heavy atom. The Bertz CT molecular complexity index is 629. The maximum Gasteiger partial charge on any atom is 0.341 e. The molecule has 6 nitrogen and oxygen atoms in total. The van der Waals surface area contributed by atoms with Crippen LogP contribution in [0.5, 0.6) is 5.75 Å². The number of ether oxygens (including phenoxy) is 2. The van der Waals surface area contributed by atoms with Gasteiger partial charge in [-0.2, -0.15) is 0 Å². The van der Waals surface area contributed by atoms with Crippen LogP contribution in [0.3, 0.4) is 0 Å². The summed E-state index contributed by atoms with van der Waals surface area (Å²) in [5, 5.41) is 6.85. The first-order chi connectivity index (χ1) is 12.6. The number of hydrogen-bond acceptors (Lipinski definition) is 4. The summed E-state index contributed by atoms with van der Waals surface area (Å²) in [5.41, 5.74) is 1.35. The first-order valence-electron chi connectivity index (χ1n) is 9.37. The van der Waals surface area contributed by atoms with Crippen molar-refractivity contribution in [3.05, 3.63) is 29.3 Å². The fraction of sp³-hybridized carbons (Fsp3) is 0.600. The molecule has 1 aromatic carbocycles. The first kappa shape index (κ1) is 23.5. The number of methoxy groups -OCH3 is 2. The molecule has 152 valence electrons. The summed E-state index contributed by atoms with van der Waals surface area (Å²) in [6, 6.07) is 5.95. The fourth-order valence-corrected chi connectivity index (χ4v) is 3.21. The fourth-order valence-electron chi connectivity index (χ4n) is 3.21. The minimum absolute atomic E-state index is 0. The molecule has 1 aliphatic rings. The van der Waals surface area contributed by atoms with Gasteiger partial charge in [-0.05, 0) is 56.2 Å². The van der Waals surface area contributed by atoms with Crippen LogP contribution < -0.4 is 15.4 Å². The maximum atomic E-state index is 11.9. The van der Waals surface area contributed by atoms with Gasteiger partial charge in [-0.15, -0.1) is 24.0 Å². The van der Waals surface area contributed by atoms with E-state index in [-0.39, 0.29) is 24.0 Å². The number of carbonyl (C=O) groups excluding carboxylic acids is 1. The normalized spacial score (nSPS) is 19.6. The molecule has 0 unspecified atom stereocenters. The van der Waals surface area contributed by atoms with Gasteiger partial charge in [0.05, 0.1) is 20.8 Å². The van der Waals surface area contributed by atoms with E-state index in [0.29, 0.717) is 23.9 Å². The SMILES string of the molecule is CCNC(=NCc1ccc(OC)c(C(=O)OC)c1)NC1CCC(C)CC1.I. The molecule has 0 atom stereocenters. The molecule has 1 fully saturated rings. The zero-order valence-corrected chi connectivity index (χ0v) is 19.0. The highest BCUT2D eigenvalue weighted by Crippen LogP contribution is 2.23. The molecule has 1 aliphatic carbocycles. The van der Waals surface area contributed by atoms with E-state index in [1.54, 1.807) is 12.1 Å². The Morgan fingerprint density at radius 3 is 2.52 bits per heavy atom. The number of guanidine groups is 1.